The van der Waals surface area contributed by atoms with Gasteiger partial charge in [-0.25, -0.2) is 4.99 Å². The molecule has 0 spiro atoms. The molecule has 1 aliphatic heterocycles. The van der Waals surface area contributed by atoms with E-state index in [1.54, 1.807) is 19.0 Å². The molecule has 164 valence electrons. The fourth-order valence-electron chi connectivity index (χ4n) is 3.88. The molecule has 1 heterocycles. The van der Waals surface area contributed by atoms with Gasteiger partial charge in [0.1, 0.15) is 6.54 Å². The van der Waals surface area contributed by atoms with Crippen molar-refractivity contribution in [2.24, 2.45) is 4.99 Å². The summed E-state index contributed by atoms with van der Waals surface area (Å²) in [6.07, 6.45) is 3.86. The molecule has 0 aromatic heterocycles. The van der Waals surface area contributed by atoms with Crippen molar-refractivity contribution in [3.63, 3.8) is 0 Å². The number of ether oxygens (including phenoxy) is 2. The van der Waals surface area contributed by atoms with Crippen LogP contribution in [0, 0.1) is 0 Å². The number of nitrogens with one attached hydrogen (secondary N) is 2. The largest absolute Gasteiger partial charge is 0.454 e. The molecule has 0 bridgehead atoms. The van der Waals surface area contributed by atoms with E-state index in [1.165, 1.54) is 11.1 Å². The molecule has 7 nitrogen and oxygen atoms in total. The van der Waals surface area contributed by atoms with Gasteiger partial charge in [0.2, 0.25) is 12.7 Å². The van der Waals surface area contributed by atoms with E-state index < -0.39 is 0 Å². The van der Waals surface area contributed by atoms with Crippen LogP contribution in [0.25, 0.3) is 0 Å². The third-order valence-corrected chi connectivity index (χ3v) is 5.70. The summed E-state index contributed by atoms with van der Waals surface area (Å²) in [5, 5.41) is 6.94. The Bertz CT molecular complexity index is 958. The van der Waals surface area contributed by atoms with E-state index in [2.05, 4.69) is 39.9 Å². The smallest absolute Gasteiger partial charge is 0.243 e. The van der Waals surface area contributed by atoms with Crippen molar-refractivity contribution < 1.29 is 14.3 Å². The van der Waals surface area contributed by atoms with E-state index in [0.29, 0.717) is 18.5 Å². The molecule has 2 aliphatic rings. The van der Waals surface area contributed by atoms with Gasteiger partial charge in [0.05, 0.1) is 0 Å². The predicted molar refractivity (Wildman–Crippen MR) is 121 cm³/mol. The number of carbonyl (C=O) groups excluding carboxylic acids is 1. The van der Waals surface area contributed by atoms with Gasteiger partial charge >= 0.3 is 0 Å². The summed E-state index contributed by atoms with van der Waals surface area (Å²) in [4.78, 5) is 18.1. The molecule has 2 N–H and O–H groups in total. The lowest BCUT2D eigenvalue weighted by Crippen LogP contribution is -2.46. The van der Waals surface area contributed by atoms with Crippen molar-refractivity contribution in [1.29, 1.82) is 0 Å². The number of hydrogen-bond donors (Lipinski definition) is 2. The van der Waals surface area contributed by atoms with Crippen LogP contribution in [-0.2, 0) is 24.1 Å². The minimum atomic E-state index is -0.0224. The summed E-state index contributed by atoms with van der Waals surface area (Å²) in [5.41, 5.74) is 3.97. The summed E-state index contributed by atoms with van der Waals surface area (Å²) in [5.74, 6) is 2.24. The number of aliphatic imine (C=N–C) groups is 1. The lowest BCUT2D eigenvalue weighted by molar-refractivity contribution is -0.127. The zero-order valence-corrected chi connectivity index (χ0v) is 18.2. The lowest BCUT2D eigenvalue weighted by atomic mass is 9.88. The Morgan fingerprint density at radius 3 is 2.77 bits per heavy atom. The minimum Gasteiger partial charge on any atom is -0.454 e. The first-order valence-corrected chi connectivity index (χ1v) is 10.8. The molecule has 1 amide bonds. The molecule has 1 unspecified atom stereocenters. The Kier molecular flexibility index (Phi) is 6.60. The number of amides is 1. The minimum absolute atomic E-state index is 0.0224. The number of nitrogens with zero attached hydrogens (tertiary/aromatic N) is 2. The topological polar surface area (TPSA) is 75.2 Å². The third-order valence-electron chi connectivity index (χ3n) is 5.70. The maximum atomic E-state index is 12.0. The van der Waals surface area contributed by atoms with E-state index >= 15 is 0 Å². The quantitative estimate of drug-likeness (QED) is 0.551. The van der Waals surface area contributed by atoms with Gasteiger partial charge < -0.3 is 25.0 Å². The summed E-state index contributed by atoms with van der Waals surface area (Å²) < 4.78 is 10.8. The molecule has 31 heavy (non-hydrogen) atoms. The second kappa shape index (κ2) is 9.73. The molecule has 1 aliphatic carbocycles. The summed E-state index contributed by atoms with van der Waals surface area (Å²) >= 11 is 0. The molecular weight excluding hydrogens is 392 g/mol. The van der Waals surface area contributed by atoms with E-state index in [4.69, 9.17) is 9.47 Å². The van der Waals surface area contributed by atoms with Gasteiger partial charge in [0.25, 0.3) is 0 Å². The molecule has 0 radical (unpaired) electrons. The average molecular weight is 423 g/mol. The van der Waals surface area contributed by atoms with Crippen molar-refractivity contribution >= 4 is 11.9 Å². The highest BCUT2D eigenvalue weighted by atomic mass is 16.7. The number of rotatable bonds is 6. The fourth-order valence-corrected chi connectivity index (χ4v) is 3.88. The standard InChI is InChI=1S/C24H30N4O3/c1-28(2)23(29)15-26-24(27-20-9-8-18-5-3-4-6-19(18)14-20)25-12-11-17-7-10-21-22(13-17)31-16-30-21/h3-7,10,13,20H,8-9,11-12,14-16H2,1-2H3,(H2,25,26,27). The Hall–Kier alpha value is -3.22. The van der Waals surface area contributed by atoms with Crippen molar-refractivity contribution in [2.45, 2.75) is 31.7 Å². The summed E-state index contributed by atoms with van der Waals surface area (Å²) in [7, 11) is 3.49. The van der Waals surface area contributed by atoms with Crippen LogP contribution in [0.2, 0.25) is 0 Å². The van der Waals surface area contributed by atoms with Gasteiger partial charge in [-0.2, -0.15) is 0 Å². The highest BCUT2D eigenvalue weighted by Crippen LogP contribution is 2.32. The predicted octanol–water partition coefficient (Wildman–Crippen LogP) is 2.14. The van der Waals surface area contributed by atoms with Gasteiger partial charge in [-0.05, 0) is 54.5 Å². The van der Waals surface area contributed by atoms with Gasteiger partial charge in [-0.1, -0.05) is 30.3 Å². The van der Waals surface area contributed by atoms with E-state index in [1.807, 2.05) is 18.2 Å². The maximum absolute atomic E-state index is 12.0. The van der Waals surface area contributed by atoms with Crippen LogP contribution in [0.3, 0.4) is 0 Å². The molecule has 4 rings (SSSR count). The summed E-state index contributed by atoms with van der Waals surface area (Å²) in [6.45, 7) is 1.10. The molecule has 2 aromatic rings. The van der Waals surface area contributed by atoms with E-state index in [-0.39, 0.29) is 19.2 Å². The zero-order chi connectivity index (χ0) is 21.6. The molecule has 7 heteroatoms. The third kappa shape index (κ3) is 5.48. The van der Waals surface area contributed by atoms with E-state index in [9.17, 15) is 4.79 Å². The Morgan fingerprint density at radius 2 is 1.94 bits per heavy atom. The van der Waals surface area contributed by atoms with Crippen molar-refractivity contribution in [2.75, 3.05) is 34.0 Å². The Morgan fingerprint density at radius 1 is 1.13 bits per heavy atom. The van der Waals surface area contributed by atoms with Crippen LogP contribution < -0.4 is 20.1 Å². The monoisotopic (exact) mass is 422 g/mol. The second-order valence-corrected chi connectivity index (χ2v) is 8.17. The van der Waals surface area contributed by atoms with Gasteiger partial charge in [0, 0.05) is 26.7 Å². The number of likely N-dealkylation sites (N-methyl/N-ethyl adjacent to an activating group) is 1. The van der Waals surface area contributed by atoms with Crippen molar-refractivity contribution in [3.05, 3.63) is 59.2 Å². The number of carbonyl (C=O) groups is 1. The van der Waals surface area contributed by atoms with Gasteiger partial charge in [-0.3, -0.25) is 4.79 Å². The number of benzene rings is 2. The lowest BCUT2D eigenvalue weighted by Gasteiger charge is -2.27. The Balaban J connectivity index is 1.37. The SMILES string of the molecule is CN(C)C(=O)CN=C(NCCc1ccc2c(c1)OCO2)NC1CCc2ccccc2C1. The van der Waals surface area contributed by atoms with Crippen LogP contribution in [0.15, 0.2) is 47.5 Å². The number of hydrogen-bond acceptors (Lipinski definition) is 4. The Labute approximate surface area is 183 Å². The van der Waals surface area contributed by atoms with Crippen LogP contribution in [-0.4, -0.2) is 56.8 Å². The summed E-state index contributed by atoms with van der Waals surface area (Å²) in [6, 6.07) is 14.9. The van der Waals surface area contributed by atoms with Crippen molar-refractivity contribution in [1.82, 2.24) is 15.5 Å². The molecule has 0 saturated heterocycles. The number of guanidine groups is 1. The van der Waals surface area contributed by atoms with Crippen LogP contribution in [0.4, 0.5) is 0 Å². The maximum Gasteiger partial charge on any atom is 0.243 e. The molecule has 2 aromatic carbocycles. The second-order valence-electron chi connectivity index (χ2n) is 8.17. The fraction of sp³-hybridized carbons (Fsp3) is 0.417. The molecular formula is C24H30N4O3. The normalized spacial score (nSPS) is 17.1. The first-order chi connectivity index (χ1) is 15.1. The molecule has 0 saturated carbocycles. The molecule has 0 fully saturated rings. The number of aryl methyl sites for hydroxylation is 1. The van der Waals surface area contributed by atoms with Crippen LogP contribution in [0.5, 0.6) is 11.5 Å². The first kappa shape index (κ1) is 21.0. The highest BCUT2D eigenvalue weighted by Gasteiger charge is 2.19. The van der Waals surface area contributed by atoms with Gasteiger partial charge in [0.15, 0.2) is 17.5 Å². The highest BCUT2D eigenvalue weighted by molar-refractivity contribution is 5.85. The number of fused-ring (bicyclic) bond motifs is 2. The first-order valence-electron chi connectivity index (χ1n) is 10.8. The van der Waals surface area contributed by atoms with Crippen LogP contribution in [0.1, 0.15) is 23.1 Å². The van der Waals surface area contributed by atoms with Crippen LogP contribution >= 0.6 is 0 Å². The average Bonchev–Trinajstić information content (AvgIpc) is 3.25. The van der Waals surface area contributed by atoms with Gasteiger partial charge in [-0.15, -0.1) is 0 Å². The molecule has 1 atom stereocenters. The van der Waals surface area contributed by atoms with E-state index in [0.717, 1.165) is 42.7 Å². The zero-order valence-electron chi connectivity index (χ0n) is 18.2. The van der Waals surface area contributed by atoms with Crippen molar-refractivity contribution in [3.8, 4) is 11.5 Å².